The van der Waals surface area contributed by atoms with Crippen LogP contribution in [0.25, 0.3) is 0 Å². The number of nitrogens with one attached hydrogen (secondary N) is 1. The zero-order valence-electron chi connectivity index (χ0n) is 11.2. The van der Waals surface area contributed by atoms with E-state index in [0.29, 0.717) is 12.2 Å². The van der Waals surface area contributed by atoms with E-state index < -0.39 is 5.82 Å². The van der Waals surface area contributed by atoms with Crippen molar-refractivity contribution in [3.63, 3.8) is 0 Å². The molecule has 1 aromatic rings. The summed E-state index contributed by atoms with van der Waals surface area (Å²) in [6, 6.07) is 2.99. The van der Waals surface area contributed by atoms with E-state index >= 15 is 0 Å². The van der Waals surface area contributed by atoms with Gasteiger partial charge in [-0.15, -0.1) is 0 Å². The van der Waals surface area contributed by atoms with Crippen LogP contribution in [0.2, 0.25) is 0 Å². The van der Waals surface area contributed by atoms with Crippen LogP contribution in [0.1, 0.15) is 26.3 Å². The molecule has 0 aliphatic heterocycles. The number of nitrogens with two attached hydrogens (primary N) is 1. The summed E-state index contributed by atoms with van der Waals surface area (Å²) in [4.78, 5) is 0. The van der Waals surface area contributed by atoms with Gasteiger partial charge in [0.2, 0.25) is 0 Å². The Bertz CT molecular complexity index is 472. The summed E-state index contributed by atoms with van der Waals surface area (Å²) in [5.41, 5.74) is 5.38. The third-order valence-corrected chi connectivity index (χ3v) is 2.99. The molecule has 0 saturated carbocycles. The van der Waals surface area contributed by atoms with Crippen molar-refractivity contribution in [3.8, 4) is 5.75 Å². The van der Waals surface area contributed by atoms with E-state index in [1.165, 1.54) is 12.1 Å². The largest absolute Gasteiger partial charge is 0.488 e. The Morgan fingerprint density at radius 3 is 2.53 bits per heavy atom. The lowest BCUT2D eigenvalue weighted by molar-refractivity contribution is -0.0166. The van der Waals surface area contributed by atoms with Crippen LogP contribution in [-0.4, -0.2) is 24.7 Å². The number of hydrogen-bond donors (Lipinski definition) is 2. The monoisotopic (exact) mass is 332 g/mol. The van der Waals surface area contributed by atoms with Gasteiger partial charge in [0.05, 0.1) is 16.7 Å². The molecule has 0 spiro atoms. The molecular weight excluding hydrogens is 315 g/mol. The van der Waals surface area contributed by atoms with Crippen molar-refractivity contribution in [2.75, 3.05) is 13.2 Å². The van der Waals surface area contributed by atoms with Gasteiger partial charge in [-0.3, -0.25) is 5.41 Å². The van der Waals surface area contributed by atoms with Crippen LogP contribution in [-0.2, 0) is 4.74 Å². The molecule has 1 aromatic carbocycles. The lowest BCUT2D eigenvalue weighted by atomic mass is 10.2. The van der Waals surface area contributed by atoms with Gasteiger partial charge in [-0.2, -0.15) is 0 Å². The fourth-order valence-corrected chi connectivity index (χ4v) is 1.89. The quantitative estimate of drug-likeness (QED) is 0.494. The van der Waals surface area contributed by atoms with E-state index in [-0.39, 0.29) is 28.3 Å². The topological polar surface area (TPSA) is 68.3 Å². The molecule has 0 unspecified atom stereocenters. The molecule has 0 heterocycles. The lowest BCUT2D eigenvalue weighted by Crippen LogP contribution is -2.22. The third kappa shape index (κ3) is 4.80. The van der Waals surface area contributed by atoms with Gasteiger partial charge in [-0.1, -0.05) is 0 Å². The van der Waals surface area contributed by atoms with E-state index in [2.05, 4.69) is 15.9 Å². The van der Waals surface area contributed by atoms with Gasteiger partial charge in [0, 0.05) is 5.56 Å². The summed E-state index contributed by atoms with van der Waals surface area (Å²) in [5, 5.41) is 7.30. The van der Waals surface area contributed by atoms with E-state index in [0.717, 1.165) is 0 Å². The molecule has 0 radical (unpaired) electrons. The normalized spacial score (nSPS) is 11.4. The molecule has 19 heavy (non-hydrogen) atoms. The third-order valence-electron chi connectivity index (χ3n) is 2.21. The van der Waals surface area contributed by atoms with Crippen molar-refractivity contribution in [1.29, 1.82) is 5.41 Å². The highest BCUT2D eigenvalue weighted by Crippen LogP contribution is 2.28. The summed E-state index contributed by atoms with van der Waals surface area (Å²) in [6.07, 6.45) is 0. The van der Waals surface area contributed by atoms with Crippen molar-refractivity contribution in [3.05, 3.63) is 28.0 Å². The van der Waals surface area contributed by atoms with Crippen LogP contribution in [0.4, 0.5) is 4.39 Å². The fourth-order valence-electron chi connectivity index (χ4n) is 1.35. The smallest absolute Gasteiger partial charge is 0.179 e. The number of hydrogen-bond acceptors (Lipinski definition) is 3. The molecule has 106 valence electrons. The Balaban J connectivity index is 2.66. The average Bonchev–Trinajstić information content (AvgIpc) is 2.28. The zero-order valence-corrected chi connectivity index (χ0v) is 12.8. The standard InChI is InChI=1S/C13H18BrFN2O2/c1-13(2,3)19-7-6-18-9-5-4-8(12(16)17)10(14)11(9)15/h4-5H,6-7H2,1-3H3,(H3,16,17). The van der Waals surface area contributed by atoms with E-state index in [1.807, 2.05) is 20.8 Å². The van der Waals surface area contributed by atoms with Gasteiger partial charge in [-0.05, 0) is 48.8 Å². The molecule has 1 rings (SSSR count). The minimum absolute atomic E-state index is 0.106. The predicted octanol–water partition coefficient (Wildman–Crippen LogP) is 3.07. The molecular formula is C13H18BrFN2O2. The first kappa shape index (κ1) is 15.9. The maximum atomic E-state index is 13.9. The molecule has 0 fully saturated rings. The summed E-state index contributed by atoms with van der Waals surface area (Å²) in [6.45, 7) is 6.43. The van der Waals surface area contributed by atoms with Crippen LogP contribution in [0.15, 0.2) is 16.6 Å². The summed E-state index contributed by atoms with van der Waals surface area (Å²) in [7, 11) is 0. The van der Waals surface area contributed by atoms with E-state index in [9.17, 15) is 4.39 Å². The van der Waals surface area contributed by atoms with Crippen molar-refractivity contribution >= 4 is 21.8 Å². The summed E-state index contributed by atoms with van der Waals surface area (Å²) in [5.74, 6) is -0.661. The summed E-state index contributed by atoms with van der Waals surface area (Å²) < 4.78 is 24.8. The Morgan fingerprint density at radius 1 is 1.37 bits per heavy atom. The number of halogens is 2. The maximum absolute atomic E-state index is 13.9. The molecule has 6 heteroatoms. The van der Waals surface area contributed by atoms with Gasteiger partial charge >= 0.3 is 0 Å². The highest BCUT2D eigenvalue weighted by atomic mass is 79.9. The van der Waals surface area contributed by atoms with E-state index in [4.69, 9.17) is 20.6 Å². The van der Waals surface area contributed by atoms with Gasteiger partial charge < -0.3 is 15.2 Å². The first-order valence-corrected chi connectivity index (χ1v) is 6.61. The first-order valence-electron chi connectivity index (χ1n) is 5.81. The van der Waals surface area contributed by atoms with Gasteiger partial charge in [-0.25, -0.2) is 4.39 Å². The Labute approximate surface area is 120 Å². The summed E-state index contributed by atoms with van der Waals surface area (Å²) >= 11 is 3.07. The van der Waals surface area contributed by atoms with Crippen molar-refractivity contribution in [2.45, 2.75) is 26.4 Å². The molecule has 0 aromatic heterocycles. The molecule has 0 aliphatic carbocycles. The first-order chi connectivity index (χ1) is 8.72. The molecule has 0 saturated heterocycles. The maximum Gasteiger partial charge on any atom is 0.179 e. The number of nitrogen functional groups attached to an aromatic ring is 1. The predicted molar refractivity (Wildman–Crippen MR) is 76.3 cm³/mol. The molecule has 0 atom stereocenters. The van der Waals surface area contributed by atoms with Crippen molar-refractivity contribution < 1.29 is 13.9 Å². The van der Waals surface area contributed by atoms with Crippen LogP contribution in [0, 0.1) is 11.2 Å². The SMILES string of the molecule is CC(C)(C)OCCOc1ccc(C(=N)N)c(Br)c1F. The Hall–Kier alpha value is -1.14. The lowest BCUT2D eigenvalue weighted by Gasteiger charge is -2.19. The molecule has 3 N–H and O–H groups in total. The average molecular weight is 333 g/mol. The molecule has 0 aliphatic rings. The van der Waals surface area contributed by atoms with E-state index in [1.54, 1.807) is 0 Å². The number of rotatable bonds is 5. The number of amidine groups is 1. The second-order valence-electron chi connectivity index (χ2n) is 4.96. The second kappa shape index (κ2) is 6.34. The van der Waals surface area contributed by atoms with Crippen LogP contribution in [0.5, 0.6) is 5.75 Å². The molecule has 0 bridgehead atoms. The minimum Gasteiger partial charge on any atom is -0.488 e. The minimum atomic E-state index is -0.566. The zero-order chi connectivity index (χ0) is 14.6. The fraction of sp³-hybridized carbons (Fsp3) is 0.462. The highest BCUT2D eigenvalue weighted by molar-refractivity contribution is 9.10. The molecule has 4 nitrogen and oxygen atoms in total. The van der Waals surface area contributed by atoms with Crippen LogP contribution in [0.3, 0.4) is 0 Å². The Morgan fingerprint density at radius 2 is 2.00 bits per heavy atom. The van der Waals surface area contributed by atoms with Crippen molar-refractivity contribution in [1.82, 2.24) is 0 Å². The van der Waals surface area contributed by atoms with Gasteiger partial charge in [0.1, 0.15) is 12.4 Å². The van der Waals surface area contributed by atoms with Crippen LogP contribution >= 0.6 is 15.9 Å². The van der Waals surface area contributed by atoms with Gasteiger partial charge in [0.25, 0.3) is 0 Å². The second-order valence-corrected chi connectivity index (χ2v) is 5.76. The van der Waals surface area contributed by atoms with Gasteiger partial charge in [0.15, 0.2) is 11.6 Å². The number of ether oxygens (including phenoxy) is 2. The Kier molecular flexibility index (Phi) is 5.31. The van der Waals surface area contributed by atoms with Crippen molar-refractivity contribution in [2.24, 2.45) is 5.73 Å². The molecule has 0 amide bonds. The number of benzene rings is 1. The van der Waals surface area contributed by atoms with Crippen LogP contribution < -0.4 is 10.5 Å². The highest BCUT2D eigenvalue weighted by Gasteiger charge is 2.14.